The van der Waals surface area contributed by atoms with Crippen LogP contribution in [0.1, 0.15) is 20.3 Å². The van der Waals surface area contributed by atoms with Gasteiger partial charge in [0.15, 0.2) is 0 Å². The fourth-order valence-electron chi connectivity index (χ4n) is 2.19. The fraction of sp³-hybridized carbons (Fsp3) is 0.471. The fourth-order valence-corrected chi connectivity index (χ4v) is 3.26. The molecule has 1 aromatic carbocycles. The highest BCUT2D eigenvalue weighted by Crippen LogP contribution is 2.32. The number of urea groups is 1. The number of amides is 2. The van der Waals surface area contributed by atoms with Crippen molar-refractivity contribution in [1.29, 1.82) is 0 Å². The smallest absolute Gasteiger partial charge is 0.320 e. The van der Waals surface area contributed by atoms with Crippen molar-refractivity contribution in [2.75, 3.05) is 32.8 Å². The number of aromatic nitrogens is 1. The number of benzene rings is 1. The van der Waals surface area contributed by atoms with Crippen molar-refractivity contribution >= 4 is 51.7 Å². The highest BCUT2D eigenvalue weighted by molar-refractivity contribution is 7.80. The van der Waals surface area contributed by atoms with Crippen LogP contribution in [0, 0.1) is 0 Å². The molecule has 0 aliphatic carbocycles. The number of nitrogens with one attached hydrogen (secondary N) is 3. The number of fused-ring (bicyclic) bond motifs is 1. The summed E-state index contributed by atoms with van der Waals surface area (Å²) in [6.07, 6.45) is 1.02. The molecule has 0 radical (unpaired) electrons. The monoisotopic (exact) mass is 395 g/mol. The highest BCUT2D eigenvalue weighted by atomic mass is 32.1. The first-order valence-corrected chi connectivity index (χ1v) is 9.88. The number of amidine groups is 1. The van der Waals surface area contributed by atoms with E-state index in [9.17, 15) is 4.79 Å². The first-order chi connectivity index (χ1) is 12.6. The lowest BCUT2D eigenvalue weighted by Gasteiger charge is -2.09. The van der Waals surface area contributed by atoms with Crippen molar-refractivity contribution in [3.63, 3.8) is 0 Å². The number of carbonyl (C=O) groups is 1. The third-order valence-electron chi connectivity index (χ3n) is 3.40. The summed E-state index contributed by atoms with van der Waals surface area (Å²) in [6.45, 7) is 7.26. The van der Waals surface area contributed by atoms with Crippen molar-refractivity contribution in [2.24, 2.45) is 4.99 Å². The molecule has 1 aromatic heterocycles. The van der Waals surface area contributed by atoms with E-state index in [2.05, 4.69) is 45.5 Å². The number of carbonyl (C=O) groups excluding carboxylic acids is 1. The van der Waals surface area contributed by atoms with E-state index < -0.39 is 0 Å². The van der Waals surface area contributed by atoms with Crippen LogP contribution in [0.3, 0.4) is 0 Å². The lowest BCUT2D eigenvalue weighted by Crippen LogP contribution is -2.41. The van der Waals surface area contributed by atoms with Gasteiger partial charge < -0.3 is 15.4 Å². The first kappa shape index (κ1) is 20.6. The van der Waals surface area contributed by atoms with Gasteiger partial charge in [0, 0.05) is 26.2 Å². The minimum absolute atomic E-state index is 0.286. The van der Waals surface area contributed by atoms with Crippen molar-refractivity contribution in [2.45, 2.75) is 25.2 Å². The zero-order valence-corrected chi connectivity index (χ0v) is 16.8. The van der Waals surface area contributed by atoms with Crippen LogP contribution in [-0.2, 0) is 4.74 Å². The molecule has 2 amide bonds. The van der Waals surface area contributed by atoms with Gasteiger partial charge in [0.1, 0.15) is 5.84 Å². The van der Waals surface area contributed by atoms with Gasteiger partial charge in [-0.25, -0.2) is 14.8 Å². The SMILES string of the molecule is CCCOCCNCCNC(=O)NC(C)=Nc1ccc2scnc2c1S. The van der Waals surface area contributed by atoms with Crippen LogP contribution in [-0.4, -0.2) is 49.7 Å². The van der Waals surface area contributed by atoms with Crippen LogP contribution in [0.15, 0.2) is 27.5 Å². The average molecular weight is 396 g/mol. The number of hydrogen-bond acceptors (Lipinski definition) is 7. The predicted octanol–water partition coefficient (Wildman–Crippen LogP) is 2.95. The second-order valence-electron chi connectivity index (χ2n) is 5.57. The van der Waals surface area contributed by atoms with E-state index in [-0.39, 0.29) is 6.03 Å². The van der Waals surface area contributed by atoms with E-state index in [1.807, 2.05) is 12.1 Å². The number of thiazole rings is 1. The van der Waals surface area contributed by atoms with Gasteiger partial charge in [-0.1, -0.05) is 6.92 Å². The quantitative estimate of drug-likeness (QED) is 0.228. The summed E-state index contributed by atoms with van der Waals surface area (Å²) in [5, 5.41) is 8.69. The number of nitrogens with zero attached hydrogens (tertiary/aromatic N) is 2. The standard InChI is InChI=1S/C17H25N5O2S2/c1-3-9-24-10-8-18-6-7-19-17(23)22-12(2)21-13-4-5-14-15(16(13)25)20-11-26-14/h4-5,11,18,25H,3,6-10H2,1-2H3,(H2,19,21,22,23). The zero-order chi connectivity index (χ0) is 18.8. The van der Waals surface area contributed by atoms with E-state index in [1.165, 1.54) is 0 Å². The van der Waals surface area contributed by atoms with Crippen LogP contribution in [0.5, 0.6) is 0 Å². The van der Waals surface area contributed by atoms with Crippen molar-refractivity contribution in [1.82, 2.24) is 20.9 Å². The number of thiol groups is 1. The zero-order valence-electron chi connectivity index (χ0n) is 15.0. The molecule has 0 saturated carbocycles. The summed E-state index contributed by atoms with van der Waals surface area (Å²) in [5.41, 5.74) is 3.28. The molecule has 1 heterocycles. The van der Waals surface area contributed by atoms with Gasteiger partial charge in [0.25, 0.3) is 0 Å². The van der Waals surface area contributed by atoms with E-state index in [0.29, 0.717) is 36.1 Å². The second-order valence-corrected chi connectivity index (χ2v) is 6.91. The largest absolute Gasteiger partial charge is 0.380 e. The van der Waals surface area contributed by atoms with Gasteiger partial charge in [-0.05, 0) is 25.5 Å². The Morgan fingerprint density at radius 1 is 1.31 bits per heavy atom. The molecule has 9 heteroatoms. The van der Waals surface area contributed by atoms with Gasteiger partial charge in [0.05, 0.1) is 32.9 Å². The predicted molar refractivity (Wildman–Crippen MR) is 110 cm³/mol. The number of rotatable bonds is 9. The summed E-state index contributed by atoms with van der Waals surface area (Å²) in [5.74, 6) is 0.494. The average Bonchev–Trinajstić information content (AvgIpc) is 3.09. The summed E-state index contributed by atoms with van der Waals surface area (Å²) < 4.78 is 6.42. The Bertz CT molecular complexity index is 748. The molecule has 0 aliphatic heterocycles. The normalized spacial score (nSPS) is 11.7. The molecule has 0 unspecified atom stereocenters. The van der Waals surface area contributed by atoms with Gasteiger partial charge >= 0.3 is 6.03 Å². The summed E-state index contributed by atoms with van der Waals surface area (Å²) in [4.78, 5) is 21.3. The topological polar surface area (TPSA) is 87.6 Å². The van der Waals surface area contributed by atoms with Gasteiger partial charge in [-0.3, -0.25) is 5.32 Å². The van der Waals surface area contributed by atoms with Crippen molar-refractivity contribution in [3.8, 4) is 0 Å². The summed E-state index contributed by atoms with van der Waals surface area (Å²) in [6, 6.07) is 3.54. The number of aliphatic imine (C=N–C) groups is 1. The molecule has 7 nitrogen and oxygen atoms in total. The molecule has 0 aliphatic rings. The molecule has 0 spiro atoms. The van der Waals surface area contributed by atoms with E-state index in [0.717, 1.165) is 29.8 Å². The Labute approximate surface area is 163 Å². The molecule has 26 heavy (non-hydrogen) atoms. The molecule has 0 bridgehead atoms. The summed E-state index contributed by atoms with van der Waals surface area (Å²) >= 11 is 6.05. The molecule has 142 valence electrons. The Morgan fingerprint density at radius 2 is 2.15 bits per heavy atom. The number of hydrogen-bond donors (Lipinski definition) is 4. The molecule has 0 saturated heterocycles. The van der Waals surface area contributed by atoms with Gasteiger partial charge in [0.2, 0.25) is 0 Å². The molecule has 0 fully saturated rings. The van der Waals surface area contributed by atoms with E-state index in [1.54, 1.807) is 23.8 Å². The van der Waals surface area contributed by atoms with E-state index >= 15 is 0 Å². The Hall–Kier alpha value is -1.68. The molecule has 0 atom stereocenters. The molecule has 2 rings (SSSR count). The lowest BCUT2D eigenvalue weighted by atomic mass is 10.3. The van der Waals surface area contributed by atoms with Crippen molar-refractivity contribution in [3.05, 3.63) is 17.6 Å². The highest BCUT2D eigenvalue weighted by Gasteiger charge is 2.07. The summed E-state index contributed by atoms with van der Waals surface area (Å²) in [7, 11) is 0. The maximum atomic E-state index is 11.9. The lowest BCUT2D eigenvalue weighted by molar-refractivity contribution is 0.137. The van der Waals surface area contributed by atoms with Gasteiger partial charge in [-0.15, -0.1) is 24.0 Å². The van der Waals surface area contributed by atoms with E-state index in [4.69, 9.17) is 4.74 Å². The first-order valence-electron chi connectivity index (χ1n) is 8.55. The molecular formula is C17H25N5O2S2. The Morgan fingerprint density at radius 3 is 2.96 bits per heavy atom. The third kappa shape index (κ3) is 6.56. The van der Waals surface area contributed by atoms with Gasteiger partial charge in [-0.2, -0.15) is 0 Å². The molecule has 3 N–H and O–H groups in total. The Balaban J connectivity index is 1.72. The maximum Gasteiger partial charge on any atom is 0.320 e. The minimum Gasteiger partial charge on any atom is -0.380 e. The minimum atomic E-state index is -0.286. The van der Waals surface area contributed by atoms with Crippen molar-refractivity contribution < 1.29 is 9.53 Å². The van der Waals surface area contributed by atoms with Crippen LogP contribution < -0.4 is 16.0 Å². The molecular weight excluding hydrogens is 370 g/mol. The van der Waals surface area contributed by atoms with Crippen LogP contribution in [0.4, 0.5) is 10.5 Å². The van der Waals surface area contributed by atoms with Crippen LogP contribution in [0.25, 0.3) is 10.2 Å². The Kier molecular flexibility index (Phi) is 8.82. The maximum absolute atomic E-state index is 11.9. The molecule has 2 aromatic rings. The third-order valence-corrected chi connectivity index (χ3v) is 4.63. The van der Waals surface area contributed by atoms with Crippen LogP contribution in [0.2, 0.25) is 0 Å². The van der Waals surface area contributed by atoms with Crippen LogP contribution >= 0.6 is 24.0 Å². The second kappa shape index (κ2) is 11.1. The number of ether oxygens (including phenoxy) is 1.